The lowest BCUT2D eigenvalue weighted by Gasteiger charge is -2.21. The number of carbonyl (C=O) groups is 4. The van der Waals surface area contributed by atoms with Crippen molar-refractivity contribution >= 4 is 23.7 Å². The van der Waals surface area contributed by atoms with Crippen molar-refractivity contribution in [2.24, 2.45) is 5.73 Å². The fourth-order valence-electron chi connectivity index (χ4n) is 2.19. The molecule has 0 saturated carbocycles. The number of carbonyl (C=O) groups excluding carboxylic acids is 4. The Morgan fingerprint density at radius 3 is 2.24 bits per heavy atom. The Kier molecular flexibility index (Phi) is 8.11. The maximum absolute atomic E-state index is 12.5. The highest BCUT2D eigenvalue weighted by molar-refractivity contribution is 5.93. The van der Waals surface area contributed by atoms with Gasteiger partial charge in [0.05, 0.1) is 13.0 Å². The fourth-order valence-corrected chi connectivity index (χ4v) is 2.19. The minimum Gasteiger partial charge on any atom is -0.466 e. The summed E-state index contributed by atoms with van der Waals surface area (Å²) in [5, 5.41) is 4.93. The lowest BCUT2D eigenvalue weighted by Crippen LogP contribution is -2.54. The number of ether oxygens (including phenoxy) is 1. The third-order valence-corrected chi connectivity index (χ3v) is 3.31. The van der Waals surface area contributed by atoms with Crippen molar-refractivity contribution in [1.82, 2.24) is 10.6 Å². The summed E-state index contributed by atoms with van der Waals surface area (Å²) in [7, 11) is 0. The van der Waals surface area contributed by atoms with E-state index in [-0.39, 0.29) is 19.4 Å². The van der Waals surface area contributed by atoms with Crippen LogP contribution in [0.2, 0.25) is 0 Å². The molecule has 0 saturated heterocycles. The molecule has 0 aromatic heterocycles. The number of hydrogen-bond donors (Lipinski definition) is 3. The molecule has 25 heavy (non-hydrogen) atoms. The van der Waals surface area contributed by atoms with Gasteiger partial charge >= 0.3 is 5.97 Å². The number of hydrogen-bond acceptors (Lipinski definition) is 5. The van der Waals surface area contributed by atoms with E-state index in [9.17, 15) is 19.2 Å². The lowest BCUT2D eigenvalue weighted by atomic mass is 10.0. The minimum atomic E-state index is -1.21. The maximum Gasteiger partial charge on any atom is 0.308 e. The quantitative estimate of drug-likeness (QED) is 0.525. The van der Waals surface area contributed by atoms with Crippen LogP contribution in [0.15, 0.2) is 30.3 Å². The van der Waals surface area contributed by atoms with Gasteiger partial charge in [0.15, 0.2) is 0 Å². The Labute approximate surface area is 146 Å². The Hall–Kier alpha value is -2.90. The molecule has 2 atom stereocenters. The standard InChI is InChI=1S/C17H23N3O5/c1-3-25-15(22)10-13(16(18)23)20-17(24)14(19-11(2)21)9-12-7-5-4-6-8-12/h4-8,13-14H,3,9-10H2,1-2H3,(H2,18,23)(H,19,21)(H,20,24)/t13-,14+/m0/s1. The first-order valence-corrected chi connectivity index (χ1v) is 7.89. The van der Waals surface area contributed by atoms with Crippen LogP contribution in [-0.2, 0) is 30.3 Å². The summed E-state index contributed by atoms with van der Waals surface area (Å²) in [6.45, 7) is 3.07. The molecule has 1 aromatic carbocycles. The third kappa shape index (κ3) is 7.47. The summed E-state index contributed by atoms with van der Waals surface area (Å²) in [5.41, 5.74) is 6.07. The Balaban J connectivity index is 2.82. The number of nitrogens with two attached hydrogens (primary N) is 1. The highest BCUT2D eigenvalue weighted by atomic mass is 16.5. The zero-order valence-electron chi connectivity index (χ0n) is 14.3. The molecule has 4 N–H and O–H groups in total. The molecular weight excluding hydrogens is 326 g/mol. The van der Waals surface area contributed by atoms with E-state index in [2.05, 4.69) is 10.6 Å². The van der Waals surface area contributed by atoms with E-state index in [0.717, 1.165) is 5.56 Å². The van der Waals surface area contributed by atoms with Crippen LogP contribution in [0.25, 0.3) is 0 Å². The van der Waals surface area contributed by atoms with E-state index in [1.807, 2.05) is 30.3 Å². The van der Waals surface area contributed by atoms with Crippen molar-refractivity contribution < 1.29 is 23.9 Å². The van der Waals surface area contributed by atoms with Gasteiger partial charge in [0.1, 0.15) is 12.1 Å². The summed E-state index contributed by atoms with van der Waals surface area (Å²) >= 11 is 0. The van der Waals surface area contributed by atoms with Crippen LogP contribution in [0.4, 0.5) is 0 Å². The van der Waals surface area contributed by atoms with Crippen molar-refractivity contribution in [3.63, 3.8) is 0 Å². The van der Waals surface area contributed by atoms with Gasteiger partial charge in [-0.05, 0) is 12.5 Å². The van der Waals surface area contributed by atoms with Crippen LogP contribution in [0.1, 0.15) is 25.8 Å². The van der Waals surface area contributed by atoms with Gasteiger partial charge < -0.3 is 21.1 Å². The van der Waals surface area contributed by atoms with Crippen molar-refractivity contribution in [2.45, 2.75) is 38.8 Å². The van der Waals surface area contributed by atoms with Crippen LogP contribution in [-0.4, -0.2) is 42.4 Å². The zero-order chi connectivity index (χ0) is 18.8. The highest BCUT2D eigenvalue weighted by Gasteiger charge is 2.27. The van der Waals surface area contributed by atoms with E-state index >= 15 is 0 Å². The van der Waals surface area contributed by atoms with Gasteiger partial charge in [-0.15, -0.1) is 0 Å². The monoisotopic (exact) mass is 349 g/mol. The molecule has 136 valence electrons. The molecular formula is C17H23N3O5. The number of primary amides is 1. The van der Waals surface area contributed by atoms with E-state index in [4.69, 9.17) is 10.5 Å². The summed E-state index contributed by atoms with van der Waals surface area (Å²) in [6, 6.07) is 6.97. The number of amides is 3. The van der Waals surface area contributed by atoms with Crippen molar-refractivity contribution in [3.8, 4) is 0 Å². The third-order valence-electron chi connectivity index (χ3n) is 3.31. The first-order valence-electron chi connectivity index (χ1n) is 7.89. The molecule has 1 aromatic rings. The molecule has 8 heteroatoms. The zero-order valence-corrected chi connectivity index (χ0v) is 14.3. The SMILES string of the molecule is CCOC(=O)C[C@H](NC(=O)[C@@H](Cc1ccccc1)NC(C)=O)C(N)=O. The molecule has 3 amide bonds. The van der Waals surface area contributed by atoms with Crippen LogP contribution in [0.5, 0.6) is 0 Å². The Morgan fingerprint density at radius 2 is 1.72 bits per heavy atom. The van der Waals surface area contributed by atoms with Gasteiger partial charge in [0, 0.05) is 13.3 Å². The molecule has 0 spiro atoms. The molecule has 0 unspecified atom stereocenters. The van der Waals surface area contributed by atoms with Crippen molar-refractivity contribution in [1.29, 1.82) is 0 Å². The van der Waals surface area contributed by atoms with Crippen LogP contribution >= 0.6 is 0 Å². The number of nitrogens with one attached hydrogen (secondary N) is 2. The number of rotatable bonds is 9. The van der Waals surface area contributed by atoms with Gasteiger partial charge in [-0.1, -0.05) is 30.3 Å². The van der Waals surface area contributed by atoms with Crippen LogP contribution < -0.4 is 16.4 Å². The van der Waals surface area contributed by atoms with Gasteiger partial charge in [0.25, 0.3) is 0 Å². The second-order valence-corrected chi connectivity index (χ2v) is 5.42. The molecule has 0 radical (unpaired) electrons. The summed E-state index contributed by atoms with van der Waals surface area (Å²) in [5.74, 6) is -2.50. The maximum atomic E-state index is 12.5. The normalized spacial score (nSPS) is 12.6. The number of benzene rings is 1. The van der Waals surface area contributed by atoms with E-state index in [1.165, 1.54) is 6.92 Å². The first-order chi connectivity index (χ1) is 11.8. The van der Waals surface area contributed by atoms with Crippen LogP contribution in [0, 0.1) is 0 Å². The summed E-state index contributed by atoms with van der Waals surface area (Å²) in [4.78, 5) is 46.8. The van der Waals surface area contributed by atoms with E-state index < -0.39 is 35.8 Å². The van der Waals surface area contributed by atoms with Gasteiger partial charge in [0.2, 0.25) is 17.7 Å². The molecule has 0 bridgehead atoms. The molecule has 8 nitrogen and oxygen atoms in total. The predicted molar refractivity (Wildman–Crippen MR) is 90.1 cm³/mol. The topological polar surface area (TPSA) is 128 Å². The summed E-state index contributed by atoms with van der Waals surface area (Å²) in [6.07, 6.45) is -0.135. The van der Waals surface area contributed by atoms with Crippen LogP contribution in [0.3, 0.4) is 0 Å². The Morgan fingerprint density at radius 1 is 1.08 bits per heavy atom. The van der Waals surface area contributed by atoms with Gasteiger partial charge in [-0.3, -0.25) is 19.2 Å². The highest BCUT2D eigenvalue weighted by Crippen LogP contribution is 2.05. The Bertz CT molecular complexity index is 618. The van der Waals surface area contributed by atoms with E-state index in [0.29, 0.717) is 0 Å². The molecule has 0 heterocycles. The van der Waals surface area contributed by atoms with Crippen molar-refractivity contribution in [2.75, 3.05) is 6.61 Å². The molecule has 0 aliphatic carbocycles. The second kappa shape index (κ2) is 10.1. The van der Waals surface area contributed by atoms with Gasteiger partial charge in [-0.25, -0.2) is 0 Å². The molecule has 0 aliphatic heterocycles. The smallest absolute Gasteiger partial charge is 0.308 e. The average Bonchev–Trinajstić information content (AvgIpc) is 2.54. The predicted octanol–water partition coefficient (Wildman–Crippen LogP) is -0.343. The van der Waals surface area contributed by atoms with Crippen molar-refractivity contribution in [3.05, 3.63) is 35.9 Å². The molecule has 0 fully saturated rings. The molecule has 0 aliphatic rings. The fraction of sp³-hybridized carbons (Fsp3) is 0.412. The first kappa shape index (κ1) is 20.1. The minimum absolute atomic E-state index is 0.154. The number of esters is 1. The lowest BCUT2D eigenvalue weighted by molar-refractivity contribution is -0.145. The largest absolute Gasteiger partial charge is 0.466 e. The van der Waals surface area contributed by atoms with E-state index in [1.54, 1.807) is 6.92 Å². The second-order valence-electron chi connectivity index (χ2n) is 5.42. The molecule has 1 rings (SSSR count). The average molecular weight is 349 g/mol. The van der Waals surface area contributed by atoms with Gasteiger partial charge in [-0.2, -0.15) is 0 Å². The summed E-state index contributed by atoms with van der Waals surface area (Å²) < 4.78 is 4.76.